The number of hydrogen-bond acceptors (Lipinski definition) is 3. The van der Waals surface area contributed by atoms with E-state index in [-0.39, 0.29) is 12.1 Å². The summed E-state index contributed by atoms with van der Waals surface area (Å²) in [5.41, 5.74) is -0.235. The van der Waals surface area contributed by atoms with E-state index in [1.807, 2.05) is 0 Å². The van der Waals surface area contributed by atoms with Crippen LogP contribution in [0.25, 0.3) is 0 Å². The normalized spacial score (nSPS) is 11.8. The predicted molar refractivity (Wildman–Crippen MR) is 64.5 cm³/mol. The van der Waals surface area contributed by atoms with Crippen molar-refractivity contribution < 1.29 is 23.1 Å². The van der Waals surface area contributed by atoms with Crippen LogP contribution in [0.15, 0.2) is 18.2 Å². The number of nitrogens with zero attached hydrogens (tertiary/aromatic N) is 1. The number of halogens is 2. The Morgan fingerprint density at radius 1 is 1.37 bits per heavy atom. The van der Waals surface area contributed by atoms with Crippen molar-refractivity contribution in [3.8, 4) is 0 Å². The average Bonchev–Trinajstić information content (AvgIpc) is 2.36. The third-order valence-corrected chi connectivity index (χ3v) is 2.66. The molecule has 0 aliphatic carbocycles. The lowest BCUT2D eigenvalue weighted by Crippen LogP contribution is -2.34. The number of carbonyl (C=O) groups is 2. The molecule has 0 saturated carbocycles. The lowest BCUT2D eigenvalue weighted by atomic mass is 10.1. The Morgan fingerprint density at radius 3 is 2.53 bits per heavy atom. The van der Waals surface area contributed by atoms with Gasteiger partial charge < -0.3 is 9.64 Å². The van der Waals surface area contributed by atoms with Crippen molar-refractivity contribution in [2.75, 3.05) is 20.7 Å². The topological polar surface area (TPSA) is 46.6 Å². The van der Waals surface area contributed by atoms with Crippen molar-refractivity contribution >= 4 is 11.9 Å². The Balaban J connectivity index is 2.79. The van der Waals surface area contributed by atoms with E-state index in [9.17, 15) is 18.4 Å². The zero-order valence-electron chi connectivity index (χ0n) is 10.9. The second-order valence-corrected chi connectivity index (χ2v) is 4.23. The maximum atomic E-state index is 13.4. The van der Waals surface area contributed by atoms with E-state index in [0.717, 1.165) is 12.1 Å². The Labute approximate surface area is 110 Å². The summed E-state index contributed by atoms with van der Waals surface area (Å²) in [5.74, 6) is -3.28. The highest BCUT2D eigenvalue weighted by Crippen LogP contribution is 2.13. The van der Waals surface area contributed by atoms with Crippen molar-refractivity contribution in [1.29, 1.82) is 0 Å². The molecular weight excluding hydrogens is 256 g/mol. The minimum absolute atomic E-state index is 0.0856. The molecule has 1 rings (SSSR count). The van der Waals surface area contributed by atoms with Gasteiger partial charge in [-0.3, -0.25) is 9.59 Å². The van der Waals surface area contributed by atoms with Gasteiger partial charge >= 0.3 is 5.97 Å². The van der Waals surface area contributed by atoms with Gasteiger partial charge in [-0.05, 0) is 12.1 Å². The van der Waals surface area contributed by atoms with Crippen LogP contribution in [-0.2, 0) is 9.53 Å². The van der Waals surface area contributed by atoms with Gasteiger partial charge in [0.25, 0.3) is 5.91 Å². The molecule has 0 fully saturated rings. The van der Waals surface area contributed by atoms with Crippen LogP contribution in [0.1, 0.15) is 17.3 Å². The monoisotopic (exact) mass is 271 g/mol. The van der Waals surface area contributed by atoms with Crippen molar-refractivity contribution in [3.05, 3.63) is 35.4 Å². The molecule has 1 atom stereocenters. The van der Waals surface area contributed by atoms with Gasteiger partial charge in [0.1, 0.15) is 11.6 Å². The first-order valence-corrected chi connectivity index (χ1v) is 5.65. The molecule has 0 aromatic heterocycles. The number of benzene rings is 1. The molecule has 1 unspecified atom stereocenters. The number of amides is 1. The number of rotatable bonds is 4. The summed E-state index contributed by atoms with van der Waals surface area (Å²) in [7, 11) is 2.69. The molecule has 1 aromatic rings. The minimum atomic E-state index is -0.928. The first-order chi connectivity index (χ1) is 8.86. The molecule has 0 radical (unpaired) electrons. The van der Waals surface area contributed by atoms with E-state index in [1.54, 1.807) is 6.92 Å². The molecule has 4 nitrogen and oxygen atoms in total. The fourth-order valence-electron chi connectivity index (χ4n) is 1.64. The average molecular weight is 271 g/mol. The maximum Gasteiger partial charge on any atom is 0.310 e. The SMILES string of the molecule is COC(=O)C(C)CN(C)C(=O)c1ccc(F)cc1F. The number of hydrogen-bond donors (Lipinski definition) is 0. The molecule has 19 heavy (non-hydrogen) atoms. The highest BCUT2D eigenvalue weighted by molar-refractivity contribution is 5.94. The summed E-state index contributed by atoms with van der Waals surface area (Å²) in [6.45, 7) is 1.68. The molecule has 1 amide bonds. The van der Waals surface area contributed by atoms with Crippen LogP contribution in [0.2, 0.25) is 0 Å². The van der Waals surface area contributed by atoms with Gasteiger partial charge in [0.2, 0.25) is 0 Å². The van der Waals surface area contributed by atoms with Crippen molar-refractivity contribution in [2.24, 2.45) is 5.92 Å². The molecule has 0 aliphatic rings. The molecule has 1 aromatic carbocycles. The van der Waals surface area contributed by atoms with E-state index in [1.165, 1.54) is 19.1 Å². The number of ether oxygens (including phenoxy) is 1. The van der Waals surface area contributed by atoms with Gasteiger partial charge in [-0.2, -0.15) is 0 Å². The molecule has 0 bridgehead atoms. The van der Waals surface area contributed by atoms with Gasteiger partial charge in [-0.25, -0.2) is 8.78 Å². The second-order valence-electron chi connectivity index (χ2n) is 4.23. The standard InChI is InChI=1S/C13H15F2NO3/c1-8(13(18)19-3)7-16(2)12(17)10-5-4-9(14)6-11(10)15/h4-6,8H,7H2,1-3H3. The van der Waals surface area contributed by atoms with Crippen LogP contribution < -0.4 is 0 Å². The van der Waals surface area contributed by atoms with E-state index < -0.39 is 29.4 Å². The fraction of sp³-hybridized carbons (Fsp3) is 0.385. The van der Waals surface area contributed by atoms with E-state index >= 15 is 0 Å². The third-order valence-electron chi connectivity index (χ3n) is 2.66. The lowest BCUT2D eigenvalue weighted by molar-refractivity contribution is -0.145. The summed E-state index contributed by atoms with van der Waals surface area (Å²) < 4.78 is 30.7. The number of carbonyl (C=O) groups excluding carboxylic acids is 2. The van der Waals surface area contributed by atoms with Gasteiger partial charge in [0.05, 0.1) is 18.6 Å². The smallest absolute Gasteiger partial charge is 0.310 e. The van der Waals surface area contributed by atoms with Crippen LogP contribution in [0.4, 0.5) is 8.78 Å². The molecule has 0 spiro atoms. The Hall–Kier alpha value is -1.98. The lowest BCUT2D eigenvalue weighted by Gasteiger charge is -2.20. The highest BCUT2D eigenvalue weighted by atomic mass is 19.1. The number of methoxy groups -OCH3 is 1. The first kappa shape index (κ1) is 15.1. The molecule has 0 heterocycles. The summed E-state index contributed by atoms with van der Waals surface area (Å²) in [4.78, 5) is 24.4. The fourth-order valence-corrected chi connectivity index (χ4v) is 1.64. The van der Waals surface area contributed by atoms with Gasteiger partial charge in [-0.15, -0.1) is 0 Å². The van der Waals surface area contributed by atoms with Gasteiger partial charge in [0.15, 0.2) is 0 Å². The first-order valence-electron chi connectivity index (χ1n) is 5.65. The molecule has 6 heteroatoms. The van der Waals surface area contributed by atoms with Gasteiger partial charge in [0, 0.05) is 19.7 Å². The summed E-state index contributed by atoms with van der Waals surface area (Å²) in [5, 5.41) is 0. The summed E-state index contributed by atoms with van der Waals surface area (Å²) >= 11 is 0. The zero-order valence-corrected chi connectivity index (χ0v) is 10.9. The third kappa shape index (κ3) is 3.74. The van der Waals surface area contributed by atoms with Crippen molar-refractivity contribution in [1.82, 2.24) is 4.90 Å². The Morgan fingerprint density at radius 2 is 2.00 bits per heavy atom. The minimum Gasteiger partial charge on any atom is -0.469 e. The Kier molecular flexibility index (Phi) is 4.97. The maximum absolute atomic E-state index is 13.4. The predicted octanol–water partition coefficient (Wildman–Crippen LogP) is 1.85. The zero-order chi connectivity index (χ0) is 14.6. The van der Waals surface area contributed by atoms with E-state index in [4.69, 9.17) is 0 Å². The number of esters is 1. The van der Waals surface area contributed by atoms with Crippen LogP contribution in [0.5, 0.6) is 0 Å². The molecule has 104 valence electrons. The van der Waals surface area contributed by atoms with E-state index in [2.05, 4.69) is 4.74 Å². The van der Waals surface area contributed by atoms with E-state index in [0.29, 0.717) is 6.07 Å². The largest absolute Gasteiger partial charge is 0.469 e. The van der Waals surface area contributed by atoms with Gasteiger partial charge in [-0.1, -0.05) is 6.92 Å². The molecule has 0 aliphatic heterocycles. The summed E-state index contributed by atoms with van der Waals surface area (Å²) in [6, 6.07) is 2.73. The van der Waals surface area contributed by atoms with Crippen LogP contribution in [0.3, 0.4) is 0 Å². The molecular formula is C13H15F2NO3. The highest BCUT2D eigenvalue weighted by Gasteiger charge is 2.21. The van der Waals surface area contributed by atoms with Crippen LogP contribution in [0, 0.1) is 17.6 Å². The van der Waals surface area contributed by atoms with Crippen molar-refractivity contribution in [2.45, 2.75) is 6.92 Å². The second kappa shape index (κ2) is 6.26. The van der Waals surface area contributed by atoms with Crippen LogP contribution >= 0.6 is 0 Å². The molecule has 0 saturated heterocycles. The van der Waals surface area contributed by atoms with Crippen molar-refractivity contribution in [3.63, 3.8) is 0 Å². The Bertz CT molecular complexity index is 491. The summed E-state index contributed by atoms with van der Waals surface area (Å²) in [6.07, 6.45) is 0. The van der Waals surface area contributed by atoms with Crippen LogP contribution in [-0.4, -0.2) is 37.5 Å². The molecule has 0 N–H and O–H groups in total. The quantitative estimate of drug-likeness (QED) is 0.785.